The first-order chi connectivity index (χ1) is 6.73. The second kappa shape index (κ2) is 8.17. The molecule has 0 heterocycles. The summed E-state index contributed by atoms with van der Waals surface area (Å²) in [7, 11) is 3.31. The number of ether oxygens (including phenoxy) is 2. The van der Waals surface area contributed by atoms with Crippen LogP contribution < -0.4 is 5.73 Å². The molecule has 1 unspecified atom stereocenters. The van der Waals surface area contributed by atoms with Crippen LogP contribution in [0.25, 0.3) is 0 Å². The van der Waals surface area contributed by atoms with Gasteiger partial charge >= 0.3 is 0 Å². The highest BCUT2D eigenvalue weighted by atomic mass is 16.7. The normalized spacial score (nSPS) is 13.9. The van der Waals surface area contributed by atoms with Gasteiger partial charge in [0.15, 0.2) is 6.29 Å². The molecule has 0 fully saturated rings. The van der Waals surface area contributed by atoms with Crippen molar-refractivity contribution in [2.75, 3.05) is 33.9 Å². The average molecular weight is 204 g/mol. The van der Waals surface area contributed by atoms with Gasteiger partial charge in [0, 0.05) is 33.2 Å². The third-order valence-corrected chi connectivity index (χ3v) is 2.59. The Balaban J connectivity index is 4.10. The van der Waals surface area contributed by atoms with E-state index in [0.29, 0.717) is 12.6 Å². The highest BCUT2D eigenvalue weighted by molar-refractivity contribution is 4.72. The first kappa shape index (κ1) is 13.8. The zero-order valence-corrected chi connectivity index (χ0v) is 9.82. The molecule has 0 saturated heterocycles. The van der Waals surface area contributed by atoms with Gasteiger partial charge in [0.25, 0.3) is 0 Å². The van der Waals surface area contributed by atoms with Crippen LogP contribution in [0.1, 0.15) is 20.3 Å². The summed E-state index contributed by atoms with van der Waals surface area (Å²) in [5, 5.41) is 0. The van der Waals surface area contributed by atoms with Gasteiger partial charge in [-0.05, 0) is 13.1 Å². The predicted molar refractivity (Wildman–Crippen MR) is 58.2 cm³/mol. The minimum Gasteiger partial charge on any atom is -0.356 e. The van der Waals surface area contributed by atoms with Crippen LogP contribution in [-0.4, -0.2) is 51.1 Å². The molecule has 0 aromatic rings. The van der Waals surface area contributed by atoms with E-state index in [1.807, 2.05) is 0 Å². The van der Waals surface area contributed by atoms with Crippen LogP contribution in [0.2, 0.25) is 0 Å². The van der Waals surface area contributed by atoms with Gasteiger partial charge in [-0.1, -0.05) is 13.8 Å². The van der Waals surface area contributed by atoms with Gasteiger partial charge in [-0.2, -0.15) is 0 Å². The van der Waals surface area contributed by atoms with Crippen molar-refractivity contribution in [2.24, 2.45) is 5.73 Å². The lowest BCUT2D eigenvalue weighted by Crippen LogP contribution is -2.43. The van der Waals surface area contributed by atoms with E-state index in [2.05, 4.69) is 18.7 Å². The molecule has 0 radical (unpaired) electrons. The van der Waals surface area contributed by atoms with Crippen molar-refractivity contribution in [3.8, 4) is 0 Å². The first-order valence-corrected chi connectivity index (χ1v) is 5.23. The molecular formula is C10H24N2O2. The average Bonchev–Trinajstić information content (AvgIpc) is 2.24. The molecule has 4 heteroatoms. The smallest absolute Gasteiger partial charge is 0.158 e. The maximum atomic E-state index is 5.73. The van der Waals surface area contributed by atoms with Crippen molar-refractivity contribution in [3.63, 3.8) is 0 Å². The highest BCUT2D eigenvalue weighted by Gasteiger charge is 2.18. The second-order valence-corrected chi connectivity index (χ2v) is 3.25. The lowest BCUT2D eigenvalue weighted by atomic mass is 10.1. The monoisotopic (exact) mass is 204 g/mol. The molecular weight excluding hydrogens is 180 g/mol. The molecule has 0 amide bonds. The van der Waals surface area contributed by atoms with Crippen LogP contribution in [-0.2, 0) is 9.47 Å². The van der Waals surface area contributed by atoms with E-state index >= 15 is 0 Å². The number of methoxy groups -OCH3 is 2. The minimum atomic E-state index is -0.149. The molecule has 0 aromatic heterocycles. The molecule has 0 aliphatic carbocycles. The Bertz CT molecular complexity index is 125. The fourth-order valence-electron chi connectivity index (χ4n) is 1.65. The number of likely N-dealkylation sites (N-methyl/N-ethyl adjacent to an activating group) is 1. The van der Waals surface area contributed by atoms with Crippen molar-refractivity contribution in [3.05, 3.63) is 0 Å². The second-order valence-electron chi connectivity index (χ2n) is 3.25. The van der Waals surface area contributed by atoms with Gasteiger partial charge in [-0.25, -0.2) is 0 Å². The maximum Gasteiger partial charge on any atom is 0.158 e. The quantitative estimate of drug-likeness (QED) is 0.590. The number of hydrogen-bond donors (Lipinski definition) is 1. The van der Waals surface area contributed by atoms with Crippen molar-refractivity contribution in [2.45, 2.75) is 32.6 Å². The fourth-order valence-corrected chi connectivity index (χ4v) is 1.65. The third-order valence-electron chi connectivity index (χ3n) is 2.59. The molecule has 86 valence electrons. The van der Waals surface area contributed by atoms with Gasteiger partial charge in [-0.15, -0.1) is 0 Å². The molecule has 0 rings (SSSR count). The van der Waals surface area contributed by atoms with Crippen molar-refractivity contribution < 1.29 is 9.47 Å². The number of rotatable bonds is 8. The summed E-state index contributed by atoms with van der Waals surface area (Å²) < 4.78 is 10.3. The Hall–Kier alpha value is -0.160. The lowest BCUT2D eigenvalue weighted by molar-refractivity contribution is -0.116. The minimum absolute atomic E-state index is 0.149. The molecule has 0 bridgehead atoms. The molecule has 0 aliphatic heterocycles. The van der Waals surface area contributed by atoms with E-state index in [9.17, 15) is 0 Å². The summed E-state index contributed by atoms with van der Waals surface area (Å²) in [6.45, 7) is 6.95. The van der Waals surface area contributed by atoms with Crippen LogP contribution in [0.15, 0.2) is 0 Å². The van der Waals surface area contributed by atoms with E-state index in [4.69, 9.17) is 15.2 Å². The zero-order valence-electron chi connectivity index (χ0n) is 9.82. The summed E-state index contributed by atoms with van der Waals surface area (Å²) >= 11 is 0. The molecule has 0 saturated carbocycles. The van der Waals surface area contributed by atoms with Gasteiger partial charge in [-0.3, -0.25) is 4.90 Å². The molecule has 2 N–H and O–H groups in total. The van der Waals surface area contributed by atoms with Crippen LogP contribution in [0.4, 0.5) is 0 Å². The summed E-state index contributed by atoms with van der Waals surface area (Å²) in [5.74, 6) is 0. The number of hydrogen-bond acceptors (Lipinski definition) is 4. The Morgan fingerprint density at radius 3 is 1.93 bits per heavy atom. The molecule has 4 nitrogen and oxygen atoms in total. The van der Waals surface area contributed by atoms with Crippen LogP contribution in [0.5, 0.6) is 0 Å². The van der Waals surface area contributed by atoms with E-state index in [1.54, 1.807) is 14.2 Å². The van der Waals surface area contributed by atoms with Crippen LogP contribution >= 0.6 is 0 Å². The molecule has 14 heavy (non-hydrogen) atoms. The van der Waals surface area contributed by atoms with Crippen molar-refractivity contribution in [1.29, 1.82) is 0 Å². The molecule has 1 atom stereocenters. The van der Waals surface area contributed by atoms with Gasteiger partial charge < -0.3 is 15.2 Å². The van der Waals surface area contributed by atoms with E-state index in [-0.39, 0.29) is 6.29 Å². The summed E-state index contributed by atoms with van der Waals surface area (Å²) in [6, 6.07) is 0.342. The highest BCUT2D eigenvalue weighted by Crippen LogP contribution is 2.08. The van der Waals surface area contributed by atoms with Crippen molar-refractivity contribution >= 4 is 0 Å². The molecule has 0 aromatic carbocycles. The standard InChI is InChI=1S/C10H24N2O2/c1-5-12(6-2)9(8-11)7-10(13-3)14-4/h9-10H,5-8,11H2,1-4H3. The molecule has 0 spiro atoms. The molecule has 0 aliphatic rings. The van der Waals surface area contributed by atoms with Gasteiger partial charge in [0.1, 0.15) is 0 Å². The maximum absolute atomic E-state index is 5.73. The lowest BCUT2D eigenvalue weighted by Gasteiger charge is -2.30. The predicted octanol–water partition coefficient (Wildman–Crippen LogP) is 0.665. The SMILES string of the molecule is CCN(CC)C(CN)CC(OC)OC. The largest absolute Gasteiger partial charge is 0.356 e. The number of nitrogens with zero attached hydrogens (tertiary/aromatic N) is 1. The fraction of sp³-hybridized carbons (Fsp3) is 1.00. The van der Waals surface area contributed by atoms with E-state index in [1.165, 1.54) is 0 Å². The van der Waals surface area contributed by atoms with E-state index in [0.717, 1.165) is 19.5 Å². The summed E-state index contributed by atoms with van der Waals surface area (Å²) in [6.07, 6.45) is 0.676. The Labute approximate surface area is 87.4 Å². The Morgan fingerprint density at radius 2 is 1.64 bits per heavy atom. The van der Waals surface area contributed by atoms with Crippen LogP contribution in [0, 0.1) is 0 Å². The van der Waals surface area contributed by atoms with Gasteiger partial charge in [0.2, 0.25) is 0 Å². The Kier molecular flexibility index (Phi) is 8.08. The summed E-state index contributed by atoms with van der Waals surface area (Å²) in [4.78, 5) is 2.32. The zero-order chi connectivity index (χ0) is 11.0. The van der Waals surface area contributed by atoms with Crippen molar-refractivity contribution in [1.82, 2.24) is 4.90 Å². The Morgan fingerprint density at radius 1 is 1.14 bits per heavy atom. The summed E-state index contributed by atoms with van der Waals surface area (Å²) in [5.41, 5.74) is 5.73. The van der Waals surface area contributed by atoms with Gasteiger partial charge in [0.05, 0.1) is 0 Å². The number of nitrogens with two attached hydrogens (primary N) is 1. The topological polar surface area (TPSA) is 47.7 Å². The first-order valence-electron chi connectivity index (χ1n) is 5.23. The third kappa shape index (κ3) is 4.37. The van der Waals surface area contributed by atoms with Crippen LogP contribution in [0.3, 0.4) is 0 Å². The van der Waals surface area contributed by atoms with E-state index < -0.39 is 0 Å².